The number of halogens is 2. The number of carbonyl (C=O) groups excluding carboxylic acids is 1. The minimum atomic E-state index is -0.588. The Hall–Kier alpha value is -4.33. The number of aromatic nitrogens is 3. The maximum Gasteiger partial charge on any atom is 0.244 e. The molecule has 166 valence electrons. The van der Waals surface area contributed by atoms with Crippen molar-refractivity contribution < 1.29 is 18.3 Å². The zero-order valence-corrected chi connectivity index (χ0v) is 17.7. The molecule has 0 aliphatic rings. The Morgan fingerprint density at radius 1 is 1.12 bits per heavy atom. The maximum atomic E-state index is 14.4. The summed E-state index contributed by atoms with van der Waals surface area (Å²) < 4.78 is 35.0. The minimum Gasteiger partial charge on any atom is -0.453 e. The van der Waals surface area contributed by atoms with Gasteiger partial charge in [0.15, 0.2) is 11.6 Å². The number of carbonyl (C=O) groups is 1. The van der Waals surface area contributed by atoms with Crippen LogP contribution in [0, 0.1) is 11.6 Å². The van der Waals surface area contributed by atoms with Gasteiger partial charge in [-0.2, -0.15) is 0 Å². The third-order valence-corrected chi connectivity index (χ3v) is 4.85. The predicted molar refractivity (Wildman–Crippen MR) is 119 cm³/mol. The molecule has 1 N–H and O–H groups in total. The lowest BCUT2D eigenvalue weighted by Crippen LogP contribution is -2.29. The number of nitrogens with one attached hydrogen (secondary N) is 1. The molecule has 4 aromatic rings. The molecule has 0 saturated heterocycles. The molecule has 1 amide bonds. The topological polar surface area (TPSA) is 69.0 Å². The Labute approximate surface area is 189 Å². The minimum absolute atomic E-state index is 0.0516. The van der Waals surface area contributed by atoms with Crippen LogP contribution in [0.25, 0.3) is 6.08 Å². The van der Waals surface area contributed by atoms with Crippen molar-refractivity contribution in [2.45, 2.75) is 6.04 Å². The Bertz CT molecular complexity index is 1270. The van der Waals surface area contributed by atoms with Gasteiger partial charge >= 0.3 is 0 Å². The van der Waals surface area contributed by atoms with Gasteiger partial charge in [-0.1, -0.05) is 18.2 Å². The molecule has 0 aliphatic carbocycles. The van der Waals surface area contributed by atoms with E-state index in [-0.39, 0.29) is 11.6 Å². The second kappa shape index (κ2) is 9.86. The first-order chi connectivity index (χ1) is 16.0. The molecule has 0 spiro atoms. The molecular formula is C25H20F2N4O2. The highest BCUT2D eigenvalue weighted by Gasteiger charge is 2.20. The third kappa shape index (κ3) is 5.48. The van der Waals surface area contributed by atoms with E-state index in [9.17, 15) is 13.6 Å². The zero-order valence-electron chi connectivity index (χ0n) is 17.7. The summed E-state index contributed by atoms with van der Waals surface area (Å²) in [5.41, 5.74) is 1.16. The Morgan fingerprint density at radius 2 is 1.94 bits per heavy atom. The molecule has 0 radical (unpaired) electrons. The number of benzene rings is 2. The summed E-state index contributed by atoms with van der Waals surface area (Å²) in [6, 6.07) is 13.0. The summed E-state index contributed by atoms with van der Waals surface area (Å²) in [4.78, 5) is 20.9. The summed E-state index contributed by atoms with van der Waals surface area (Å²) in [6.07, 6.45) is 9.24. The summed E-state index contributed by atoms with van der Waals surface area (Å²) in [7, 11) is 1.80. The van der Waals surface area contributed by atoms with Crippen LogP contribution >= 0.6 is 0 Å². The van der Waals surface area contributed by atoms with Crippen LogP contribution < -0.4 is 10.1 Å². The van der Waals surface area contributed by atoms with Crippen molar-refractivity contribution in [3.8, 4) is 11.5 Å². The molecule has 0 aliphatic heterocycles. The van der Waals surface area contributed by atoms with Gasteiger partial charge in [0.2, 0.25) is 5.91 Å². The van der Waals surface area contributed by atoms with Crippen molar-refractivity contribution in [2.24, 2.45) is 7.05 Å². The second-order valence-electron chi connectivity index (χ2n) is 7.20. The average molecular weight is 446 g/mol. The highest BCUT2D eigenvalue weighted by molar-refractivity contribution is 5.92. The zero-order chi connectivity index (χ0) is 23.2. The lowest BCUT2D eigenvalue weighted by Gasteiger charge is -2.18. The number of rotatable bonds is 7. The fourth-order valence-corrected chi connectivity index (χ4v) is 3.21. The Kier molecular flexibility index (Phi) is 6.54. The van der Waals surface area contributed by atoms with Crippen molar-refractivity contribution in [1.82, 2.24) is 19.9 Å². The van der Waals surface area contributed by atoms with E-state index < -0.39 is 17.8 Å². The van der Waals surface area contributed by atoms with Crippen molar-refractivity contribution in [3.05, 3.63) is 114 Å². The number of imidazole rings is 1. The number of ether oxygens (including phenoxy) is 1. The van der Waals surface area contributed by atoms with Crippen LogP contribution in [0.15, 0.2) is 85.5 Å². The van der Waals surface area contributed by atoms with Crippen LogP contribution in [0.2, 0.25) is 0 Å². The largest absolute Gasteiger partial charge is 0.453 e. The normalized spacial score (nSPS) is 12.0. The van der Waals surface area contributed by atoms with Crippen LogP contribution in [0.1, 0.15) is 23.0 Å². The van der Waals surface area contributed by atoms with Crippen LogP contribution in [0.3, 0.4) is 0 Å². The van der Waals surface area contributed by atoms with Gasteiger partial charge in [0.25, 0.3) is 0 Å². The molecule has 0 saturated carbocycles. The molecule has 2 heterocycles. The number of aryl methyl sites for hydroxylation is 1. The van der Waals surface area contributed by atoms with Crippen LogP contribution in [0.4, 0.5) is 8.78 Å². The van der Waals surface area contributed by atoms with Gasteiger partial charge in [-0.25, -0.2) is 13.8 Å². The highest BCUT2D eigenvalue weighted by Crippen LogP contribution is 2.25. The highest BCUT2D eigenvalue weighted by atomic mass is 19.1. The van der Waals surface area contributed by atoms with E-state index in [1.807, 2.05) is 0 Å². The van der Waals surface area contributed by atoms with Crippen molar-refractivity contribution in [3.63, 3.8) is 0 Å². The van der Waals surface area contributed by atoms with Gasteiger partial charge in [0.05, 0.1) is 6.20 Å². The summed E-state index contributed by atoms with van der Waals surface area (Å²) in [5.74, 6) is -0.300. The van der Waals surface area contributed by atoms with Gasteiger partial charge in [0, 0.05) is 31.7 Å². The molecule has 33 heavy (non-hydrogen) atoms. The van der Waals surface area contributed by atoms with E-state index in [1.165, 1.54) is 42.6 Å². The Morgan fingerprint density at radius 3 is 2.61 bits per heavy atom. The van der Waals surface area contributed by atoms with Gasteiger partial charge in [-0.15, -0.1) is 0 Å². The summed E-state index contributed by atoms with van der Waals surface area (Å²) >= 11 is 0. The number of amides is 1. The van der Waals surface area contributed by atoms with Crippen LogP contribution in [0.5, 0.6) is 11.5 Å². The molecule has 2 aromatic carbocycles. The van der Waals surface area contributed by atoms with Gasteiger partial charge in [-0.3, -0.25) is 9.78 Å². The van der Waals surface area contributed by atoms with E-state index in [2.05, 4.69) is 15.3 Å². The van der Waals surface area contributed by atoms with Gasteiger partial charge in [0.1, 0.15) is 23.4 Å². The predicted octanol–water partition coefficient (Wildman–Crippen LogP) is 4.80. The van der Waals surface area contributed by atoms with E-state index >= 15 is 0 Å². The molecule has 0 bridgehead atoms. The first-order valence-electron chi connectivity index (χ1n) is 10.1. The number of hydrogen-bond acceptors (Lipinski definition) is 4. The number of hydrogen-bond donors (Lipinski definition) is 1. The van der Waals surface area contributed by atoms with Crippen LogP contribution in [-0.2, 0) is 11.8 Å². The molecule has 6 nitrogen and oxygen atoms in total. The number of nitrogens with zero attached hydrogens (tertiary/aromatic N) is 3. The van der Waals surface area contributed by atoms with E-state index in [4.69, 9.17) is 4.74 Å². The fraction of sp³-hybridized carbons (Fsp3) is 0.0800. The molecule has 0 fully saturated rings. The van der Waals surface area contributed by atoms with Crippen molar-refractivity contribution in [2.75, 3.05) is 0 Å². The molecular weight excluding hydrogens is 426 g/mol. The second-order valence-corrected chi connectivity index (χ2v) is 7.20. The third-order valence-electron chi connectivity index (χ3n) is 4.85. The summed E-state index contributed by atoms with van der Waals surface area (Å²) in [6.45, 7) is 0. The van der Waals surface area contributed by atoms with Gasteiger partial charge < -0.3 is 14.6 Å². The SMILES string of the molecule is Cn1ccnc1C(NC(=O)/C=C/c1ccc(Oc2cccnc2)c(F)c1)c1ccc(F)cc1. The van der Waals surface area contributed by atoms with Crippen LogP contribution in [-0.4, -0.2) is 20.4 Å². The lowest BCUT2D eigenvalue weighted by atomic mass is 10.1. The fourth-order valence-electron chi connectivity index (χ4n) is 3.21. The number of pyridine rings is 1. The molecule has 8 heteroatoms. The quantitative estimate of drug-likeness (QED) is 0.414. The monoisotopic (exact) mass is 446 g/mol. The van der Waals surface area contributed by atoms with Crippen molar-refractivity contribution >= 4 is 12.0 Å². The molecule has 1 unspecified atom stereocenters. The smallest absolute Gasteiger partial charge is 0.244 e. The van der Waals surface area contributed by atoms with E-state index in [0.29, 0.717) is 22.7 Å². The summed E-state index contributed by atoms with van der Waals surface area (Å²) in [5, 5.41) is 2.87. The first kappa shape index (κ1) is 21.9. The standard InChI is InChI=1S/C25H20F2N4O2/c1-31-14-13-29-25(31)24(18-6-8-19(26)9-7-18)30-23(32)11-5-17-4-10-22(21(27)15-17)33-20-3-2-12-28-16-20/h2-16,24H,1H3,(H,30,32)/b11-5+. The maximum absolute atomic E-state index is 14.4. The lowest BCUT2D eigenvalue weighted by molar-refractivity contribution is -0.117. The molecule has 1 atom stereocenters. The van der Waals surface area contributed by atoms with E-state index in [1.54, 1.807) is 60.5 Å². The average Bonchev–Trinajstić information content (AvgIpc) is 3.24. The van der Waals surface area contributed by atoms with E-state index in [0.717, 1.165) is 0 Å². The first-order valence-corrected chi connectivity index (χ1v) is 10.1. The van der Waals surface area contributed by atoms with Crippen molar-refractivity contribution in [1.29, 1.82) is 0 Å². The molecule has 4 rings (SSSR count). The van der Waals surface area contributed by atoms with Gasteiger partial charge in [-0.05, 0) is 53.6 Å². The molecule has 2 aromatic heterocycles. The Balaban J connectivity index is 1.48.